The largest absolute Gasteiger partial charge is 0.490 e. The van der Waals surface area contributed by atoms with E-state index in [9.17, 15) is 4.79 Å². The van der Waals surface area contributed by atoms with Gasteiger partial charge >= 0.3 is 0 Å². The number of carbonyl (C=O) groups is 1. The van der Waals surface area contributed by atoms with Gasteiger partial charge in [0.2, 0.25) is 5.91 Å². The lowest BCUT2D eigenvalue weighted by Gasteiger charge is -2.10. The number of aryl methyl sites for hydroxylation is 1. The summed E-state index contributed by atoms with van der Waals surface area (Å²) in [5.41, 5.74) is 2.87. The molecule has 0 bridgehead atoms. The molecule has 26 heavy (non-hydrogen) atoms. The van der Waals surface area contributed by atoms with Crippen LogP contribution < -0.4 is 20.1 Å². The minimum absolute atomic E-state index is 0.0129. The molecule has 3 rings (SSSR count). The van der Waals surface area contributed by atoms with Gasteiger partial charge in [0.25, 0.3) is 0 Å². The second-order valence-corrected chi connectivity index (χ2v) is 6.71. The maximum atomic E-state index is 11.8. The van der Waals surface area contributed by atoms with Gasteiger partial charge in [-0.3, -0.25) is 9.48 Å². The fraction of sp³-hybridized carbons (Fsp3) is 0.474. The standard InChI is InChI=1S/C19H26N4O3/c1-13(2)21-18(24)11-20-10-15-12-23(3)22-19(15)14-5-6-16-17(9-14)26-8-4-7-25-16/h5-6,9,12-13,20H,4,7-8,10-11H2,1-3H3,(H,21,24). The van der Waals surface area contributed by atoms with Crippen molar-refractivity contribution in [2.24, 2.45) is 7.05 Å². The molecule has 1 aromatic carbocycles. The molecule has 1 aliphatic rings. The van der Waals surface area contributed by atoms with Crippen molar-refractivity contribution in [1.82, 2.24) is 20.4 Å². The summed E-state index contributed by atoms with van der Waals surface area (Å²) in [5.74, 6) is 1.51. The minimum Gasteiger partial charge on any atom is -0.490 e. The van der Waals surface area contributed by atoms with Gasteiger partial charge in [0.1, 0.15) is 0 Å². The summed E-state index contributed by atoms with van der Waals surface area (Å²) in [4.78, 5) is 11.8. The molecular formula is C19H26N4O3. The van der Waals surface area contributed by atoms with Gasteiger partial charge in [-0.2, -0.15) is 5.10 Å². The Morgan fingerprint density at radius 2 is 2.04 bits per heavy atom. The third-order valence-electron chi connectivity index (χ3n) is 3.98. The monoisotopic (exact) mass is 358 g/mol. The fourth-order valence-electron chi connectivity index (χ4n) is 2.90. The van der Waals surface area contributed by atoms with E-state index in [0.29, 0.717) is 19.8 Å². The lowest BCUT2D eigenvalue weighted by Crippen LogP contribution is -2.37. The summed E-state index contributed by atoms with van der Waals surface area (Å²) in [6.07, 6.45) is 2.84. The highest BCUT2D eigenvalue weighted by molar-refractivity contribution is 5.78. The first-order chi connectivity index (χ1) is 12.5. The molecule has 7 heteroatoms. The molecule has 0 radical (unpaired) electrons. The lowest BCUT2D eigenvalue weighted by molar-refractivity contribution is -0.120. The number of nitrogens with zero attached hydrogens (tertiary/aromatic N) is 2. The Morgan fingerprint density at radius 1 is 1.27 bits per heavy atom. The third kappa shape index (κ3) is 4.54. The molecule has 2 aromatic rings. The van der Waals surface area contributed by atoms with Crippen molar-refractivity contribution in [3.63, 3.8) is 0 Å². The molecule has 1 aliphatic heterocycles. The zero-order valence-corrected chi connectivity index (χ0v) is 15.5. The molecule has 2 heterocycles. The van der Waals surface area contributed by atoms with E-state index in [2.05, 4.69) is 15.7 Å². The van der Waals surface area contributed by atoms with Crippen LogP contribution in [0.2, 0.25) is 0 Å². The van der Waals surface area contributed by atoms with Crippen LogP contribution in [0.4, 0.5) is 0 Å². The Bertz CT molecular complexity index is 770. The number of hydrogen-bond donors (Lipinski definition) is 2. The van der Waals surface area contributed by atoms with Gasteiger partial charge in [0.05, 0.1) is 25.5 Å². The first-order valence-corrected chi connectivity index (χ1v) is 8.95. The Balaban J connectivity index is 1.73. The van der Waals surface area contributed by atoms with Crippen molar-refractivity contribution in [2.45, 2.75) is 32.9 Å². The van der Waals surface area contributed by atoms with Gasteiger partial charge in [-0.25, -0.2) is 0 Å². The van der Waals surface area contributed by atoms with Crippen molar-refractivity contribution in [3.8, 4) is 22.8 Å². The summed E-state index contributed by atoms with van der Waals surface area (Å²) in [6.45, 7) is 6.04. The number of rotatable bonds is 6. The van der Waals surface area contributed by atoms with Crippen molar-refractivity contribution >= 4 is 5.91 Å². The number of amides is 1. The molecule has 0 fully saturated rings. The summed E-state index contributed by atoms with van der Waals surface area (Å²) < 4.78 is 13.3. The summed E-state index contributed by atoms with van der Waals surface area (Å²) in [6, 6.07) is 6.03. The first kappa shape index (κ1) is 18.3. The molecule has 2 N–H and O–H groups in total. The Kier molecular flexibility index (Phi) is 5.78. The molecule has 7 nitrogen and oxygen atoms in total. The molecule has 0 saturated heterocycles. The lowest BCUT2D eigenvalue weighted by atomic mass is 10.1. The molecule has 0 atom stereocenters. The smallest absolute Gasteiger partial charge is 0.234 e. The van der Waals surface area contributed by atoms with Crippen molar-refractivity contribution in [2.75, 3.05) is 19.8 Å². The summed E-state index contributed by atoms with van der Waals surface area (Å²) in [7, 11) is 1.89. The summed E-state index contributed by atoms with van der Waals surface area (Å²) >= 11 is 0. The third-order valence-corrected chi connectivity index (χ3v) is 3.98. The van der Waals surface area contributed by atoms with Crippen LogP contribution in [-0.2, 0) is 18.4 Å². The first-order valence-electron chi connectivity index (χ1n) is 8.95. The number of fused-ring (bicyclic) bond motifs is 1. The zero-order chi connectivity index (χ0) is 18.5. The van der Waals surface area contributed by atoms with Crippen LogP contribution in [0.5, 0.6) is 11.5 Å². The molecule has 0 unspecified atom stereocenters. The fourth-order valence-corrected chi connectivity index (χ4v) is 2.90. The number of nitrogens with one attached hydrogen (secondary N) is 2. The van der Waals surface area contributed by atoms with Crippen LogP contribution in [0, 0.1) is 0 Å². The predicted octanol–water partition coefficient (Wildman–Crippen LogP) is 1.86. The van der Waals surface area contributed by atoms with Crippen LogP contribution in [0.3, 0.4) is 0 Å². The zero-order valence-electron chi connectivity index (χ0n) is 15.5. The Hall–Kier alpha value is -2.54. The maximum Gasteiger partial charge on any atom is 0.234 e. The highest BCUT2D eigenvalue weighted by atomic mass is 16.5. The van der Waals surface area contributed by atoms with Gasteiger partial charge in [0, 0.05) is 43.4 Å². The van der Waals surface area contributed by atoms with Gasteiger partial charge in [-0.1, -0.05) is 0 Å². The van der Waals surface area contributed by atoms with E-state index < -0.39 is 0 Å². The maximum absolute atomic E-state index is 11.8. The van der Waals surface area contributed by atoms with Crippen LogP contribution in [-0.4, -0.2) is 41.5 Å². The second kappa shape index (κ2) is 8.23. The van der Waals surface area contributed by atoms with Crippen molar-refractivity contribution in [1.29, 1.82) is 0 Å². The number of benzene rings is 1. The van der Waals surface area contributed by atoms with E-state index in [1.165, 1.54) is 0 Å². The normalized spacial score (nSPS) is 13.5. The van der Waals surface area contributed by atoms with E-state index in [0.717, 1.165) is 34.7 Å². The molecule has 0 spiro atoms. The van der Waals surface area contributed by atoms with Crippen LogP contribution in [0.1, 0.15) is 25.8 Å². The molecule has 140 valence electrons. The van der Waals surface area contributed by atoms with Gasteiger partial charge in [-0.15, -0.1) is 0 Å². The highest BCUT2D eigenvalue weighted by Crippen LogP contribution is 2.34. The van der Waals surface area contributed by atoms with E-state index in [4.69, 9.17) is 9.47 Å². The van der Waals surface area contributed by atoms with E-state index in [1.54, 1.807) is 4.68 Å². The molecule has 0 aliphatic carbocycles. The molecular weight excluding hydrogens is 332 g/mol. The van der Waals surface area contributed by atoms with Gasteiger partial charge in [-0.05, 0) is 32.0 Å². The van der Waals surface area contributed by atoms with E-state index in [1.807, 2.05) is 45.3 Å². The molecule has 0 saturated carbocycles. The number of ether oxygens (including phenoxy) is 2. The topological polar surface area (TPSA) is 77.4 Å². The van der Waals surface area contributed by atoms with Crippen LogP contribution in [0.15, 0.2) is 24.4 Å². The summed E-state index contributed by atoms with van der Waals surface area (Å²) in [5, 5.41) is 10.6. The van der Waals surface area contributed by atoms with Crippen molar-refractivity contribution < 1.29 is 14.3 Å². The van der Waals surface area contributed by atoms with Gasteiger partial charge < -0.3 is 20.1 Å². The van der Waals surface area contributed by atoms with E-state index >= 15 is 0 Å². The molecule has 1 amide bonds. The molecule has 1 aromatic heterocycles. The number of carbonyl (C=O) groups excluding carboxylic acids is 1. The Morgan fingerprint density at radius 3 is 2.81 bits per heavy atom. The average Bonchev–Trinajstić information content (AvgIpc) is 2.80. The number of aromatic nitrogens is 2. The quantitative estimate of drug-likeness (QED) is 0.824. The number of hydrogen-bond acceptors (Lipinski definition) is 5. The van der Waals surface area contributed by atoms with Crippen LogP contribution in [0.25, 0.3) is 11.3 Å². The average molecular weight is 358 g/mol. The minimum atomic E-state index is -0.0129. The SMILES string of the molecule is CC(C)NC(=O)CNCc1cn(C)nc1-c1ccc2c(c1)OCCCO2. The van der Waals surface area contributed by atoms with Gasteiger partial charge in [0.15, 0.2) is 11.5 Å². The Labute approximate surface area is 153 Å². The van der Waals surface area contributed by atoms with Crippen molar-refractivity contribution in [3.05, 3.63) is 30.0 Å². The predicted molar refractivity (Wildman–Crippen MR) is 99.2 cm³/mol. The second-order valence-electron chi connectivity index (χ2n) is 6.71. The van der Waals surface area contributed by atoms with Crippen LogP contribution >= 0.6 is 0 Å². The van der Waals surface area contributed by atoms with E-state index in [-0.39, 0.29) is 18.5 Å². The highest BCUT2D eigenvalue weighted by Gasteiger charge is 2.15.